The van der Waals surface area contributed by atoms with Crippen molar-refractivity contribution in [3.8, 4) is 6.07 Å². The number of benzene rings is 1. The topological polar surface area (TPSA) is 44.1 Å². The molecule has 0 heterocycles. The molecule has 1 aromatic carbocycles. The first-order valence-electron chi connectivity index (χ1n) is 6.96. The molecule has 0 fully saturated rings. The molecule has 0 aromatic heterocycles. The van der Waals surface area contributed by atoms with Crippen molar-refractivity contribution >= 4 is 11.6 Å². The van der Waals surface area contributed by atoms with Gasteiger partial charge in [-0.05, 0) is 55.4 Å². The van der Waals surface area contributed by atoms with Gasteiger partial charge in [0.15, 0.2) is 0 Å². The van der Waals surface area contributed by atoms with Gasteiger partial charge < -0.3 is 4.90 Å². The number of hydrogen-bond donors (Lipinski definition) is 0. The third-order valence-corrected chi connectivity index (χ3v) is 3.91. The van der Waals surface area contributed by atoms with Crippen molar-refractivity contribution in [3.05, 3.63) is 29.3 Å². The highest BCUT2D eigenvalue weighted by atomic mass is 16.2. The minimum Gasteiger partial charge on any atom is -0.314 e. The summed E-state index contributed by atoms with van der Waals surface area (Å²) in [6, 6.07) is 8.30. The molecule has 19 heavy (non-hydrogen) atoms. The van der Waals surface area contributed by atoms with Gasteiger partial charge in [-0.2, -0.15) is 5.26 Å². The highest BCUT2D eigenvalue weighted by Crippen LogP contribution is 2.26. The summed E-state index contributed by atoms with van der Waals surface area (Å²) in [5.74, 6) is -0.651. The standard InChI is InChI=1S/C16H20N2O/c1-3-12(11-17)16(19)18(2)15-9-8-13-6-4-5-7-14(13)10-15/h8-10,12H,3-7H2,1-2H3. The molecule has 0 N–H and O–H groups in total. The van der Waals surface area contributed by atoms with Gasteiger partial charge in [-0.15, -0.1) is 0 Å². The van der Waals surface area contributed by atoms with Crippen molar-refractivity contribution in [3.63, 3.8) is 0 Å². The molecule has 0 spiro atoms. The zero-order valence-electron chi connectivity index (χ0n) is 11.6. The summed E-state index contributed by atoms with van der Waals surface area (Å²) in [6.45, 7) is 1.87. The average molecular weight is 256 g/mol. The van der Waals surface area contributed by atoms with Gasteiger partial charge in [0.2, 0.25) is 5.91 Å². The van der Waals surface area contributed by atoms with Crippen molar-refractivity contribution in [2.45, 2.75) is 39.0 Å². The van der Waals surface area contributed by atoms with E-state index in [1.54, 1.807) is 11.9 Å². The van der Waals surface area contributed by atoms with E-state index in [1.807, 2.05) is 13.0 Å². The van der Waals surface area contributed by atoms with Crippen LogP contribution in [-0.2, 0) is 17.6 Å². The third kappa shape index (κ3) is 2.78. The molecule has 1 aliphatic carbocycles. The van der Waals surface area contributed by atoms with E-state index in [0.29, 0.717) is 6.42 Å². The minimum absolute atomic E-state index is 0.110. The molecule has 0 aliphatic heterocycles. The van der Waals surface area contributed by atoms with Crippen LogP contribution in [0.25, 0.3) is 0 Å². The lowest BCUT2D eigenvalue weighted by molar-refractivity contribution is -0.120. The number of rotatable bonds is 3. The van der Waals surface area contributed by atoms with Gasteiger partial charge in [0.25, 0.3) is 0 Å². The fraction of sp³-hybridized carbons (Fsp3) is 0.500. The Morgan fingerprint density at radius 2 is 2.05 bits per heavy atom. The van der Waals surface area contributed by atoms with Crippen LogP contribution in [0.4, 0.5) is 5.69 Å². The van der Waals surface area contributed by atoms with Crippen LogP contribution in [0.3, 0.4) is 0 Å². The van der Waals surface area contributed by atoms with Crippen LogP contribution in [0.5, 0.6) is 0 Å². The summed E-state index contributed by atoms with van der Waals surface area (Å²) in [6.07, 6.45) is 5.28. The predicted molar refractivity (Wildman–Crippen MR) is 75.9 cm³/mol. The molecular formula is C16H20N2O. The number of carbonyl (C=O) groups is 1. The van der Waals surface area contributed by atoms with Crippen LogP contribution >= 0.6 is 0 Å². The van der Waals surface area contributed by atoms with Crippen LogP contribution in [0.15, 0.2) is 18.2 Å². The summed E-state index contributed by atoms with van der Waals surface area (Å²) in [5.41, 5.74) is 3.66. The lowest BCUT2D eigenvalue weighted by Gasteiger charge is -2.23. The molecule has 0 saturated heterocycles. The van der Waals surface area contributed by atoms with E-state index < -0.39 is 5.92 Å². The maximum absolute atomic E-state index is 12.2. The van der Waals surface area contributed by atoms with E-state index in [9.17, 15) is 4.79 Å². The van der Waals surface area contributed by atoms with Crippen molar-refractivity contribution in [1.29, 1.82) is 5.26 Å². The Kier molecular flexibility index (Phi) is 4.21. The first-order valence-corrected chi connectivity index (χ1v) is 6.96. The zero-order chi connectivity index (χ0) is 13.8. The lowest BCUT2D eigenvalue weighted by Crippen LogP contribution is -2.32. The summed E-state index contributed by atoms with van der Waals surface area (Å²) in [5, 5.41) is 8.99. The van der Waals surface area contributed by atoms with Gasteiger partial charge in [0.05, 0.1) is 6.07 Å². The van der Waals surface area contributed by atoms with E-state index in [4.69, 9.17) is 5.26 Å². The second kappa shape index (κ2) is 5.88. The van der Waals surface area contributed by atoms with Crippen LogP contribution in [-0.4, -0.2) is 13.0 Å². The Morgan fingerprint density at radius 3 is 2.68 bits per heavy atom. The van der Waals surface area contributed by atoms with E-state index in [-0.39, 0.29) is 5.91 Å². The Bertz CT molecular complexity index is 516. The molecule has 1 aliphatic rings. The molecule has 0 radical (unpaired) electrons. The van der Waals surface area contributed by atoms with Crippen molar-refractivity contribution in [2.75, 3.05) is 11.9 Å². The number of anilines is 1. The number of nitriles is 1. The normalized spacial score (nSPS) is 15.2. The molecule has 100 valence electrons. The quantitative estimate of drug-likeness (QED) is 0.834. The second-order valence-electron chi connectivity index (χ2n) is 5.15. The Hall–Kier alpha value is -1.82. The van der Waals surface area contributed by atoms with Gasteiger partial charge >= 0.3 is 0 Å². The maximum Gasteiger partial charge on any atom is 0.244 e. The number of hydrogen-bond acceptors (Lipinski definition) is 2. The third-order valence-electron chi connectivity index (χ3n) is 3.91. The first-order chi connectivity index (χ1) is 9.17. The molecule has 3 heteroatoms. The smallest absolute Gasteiger partial charge is 0.244 e. The molecule has 1 atom stereocenters. The fourth-order valence-corrected chi connectivity index (χ4v) is 2.61. The monoisotopic (exact) mass is 256 g/mol. The van der Waals surface area contributed by atoms with Crippen LogP contribution in [0.2, 0.25) is 0 Å². The summed E-state index contributed by atoms with van der Waals surface area (Å²) in [7, 11) is 1.76. The van der Waals surface area contributed by atoms with Gasteiger partial charge in [0, 0.05) is 12.7 Å². The predicted octanol–water partition coefficient (Wildman–Crippen LogP) is 3.08. The molecular weight excluding hydrogens is 236 g/mol. The molecule has 2 rings (SSSR count). The van der Waals surface area contributed by atoms with Crippen LogP contribution in [0.1, 0.15) is 37.3 Å². The second-order valence-corrected chi connectivity index (χ2v) is 5.15. The van der Waals surface area contributed by atoms with Crippen molar-refractivity contribution in [2.24, 2.45) is 5.92 Å². The van der Waals surface area contributed by atoms with Crippen molar-refractivity contribution < 1.29 is 4.79 Å². The summed E-state index contributed by atoms with van der Waals surface area (Å²) in [4.78, 5) is 13.8. The lowest BCUT2D eigenvalue weighted by atomic mass is 9.91. The van der Waals surface area contributed by atoms with E-state index >= 15 is 0 Å². The Balaban J connectivity index is 2.22. The molecule has 1 unspecified atom stereocenters. The van der Waals surface area contributed by atoms with Crippen LogP contribution in [0, 0.1) is 17.2 Å². The number of fused-ring (bicyclic) bond motifs is 1. The number of aryl methyl sites for hydroxylation is 2. The molecule has 0 bridgehead atoms. The average Bonchev–Trinajstić information content (AvgIpc) is 2.47. The SMILES string of the molecule is CCC(C#N)C(=O)N(C)c1ccc2c(c1)CCCC2. The van der Waals surface area contributed by atoms with Crippen molar-refractivity contribution in [1.82, 2.24) is 0 Å². The largest absolute Gasteiger partial charge is 0.314 e. The van der Waals surface area contributed by atoms with Gasteiger partial charge in [0.1, 0.15) is 5.92 Å². The molecule has 0 saturated carbocycles. The highest BCUT2D eigenvalue weighted by molar-refractivity contribution is 5.96. The zero-order valence-corrected chi connectivity index (χ0v) is 11.6. The summed E-state index contributed by atoms with van der Waals surface area (Å²) < 4.78 is 0. The summed E-state index contributed by atoms with van der Waals surface area (Å²) >= 11 is 0. The molecule has 3 nitrogen and oxygen atoms in total. The van der Waals surface area contributed by atoms with E-state index in [2.05, 4.69) is 18.2 Å². The van der Waals surface area contributed by atoms with Gasteiger partial charge in [-0.1, -0.05) is 13.0 Å². The minimum atomic E-state index is -0.541. The van der Waals surface area contributed by atoms with Gasteiger partial charge in [-0.25, -0.2) is 0 Å². The molecule has 1 amide bonds. The van der Waals surface area contributed by atoms with E-state index in [1.165, 1.54) is 24.0 Å². The Labute approximate surface area is 114 Å². The Morgan fingerprint density at radius 1 is 1.37 bits per heavy atom. The number of nitrogens with zero attached hydrogens (tertiary/aromatic N) is 2. The maximum atomic E-state index is 12.2. The number of amides is 1. The van der Waals surface area contributed by atoms with Gasteiger partial charge in [-0.3, -0.25) is 4.79 Å². The number of carbonyl (C=O) groups excluding carboxylic acids is 1. The fourth-order valence-electron chi connectivity index (χ4n) is 2.61. The highest BCUT2D eigenvalue weighted by Gasteiger charge is 2.21. The van der Waals surface area contributed by atoms with Crippen LogP contribution < -0.4 is 4.90 Å². The molecule has 1 aromatic rings. The first kappa shape index (κ1) is 13.6. The van der Waals surface area contributed by atoms with E-state index in [0.717, 1.165) is 18.5 Å².